The van der Waals surface area contributed by atoms with E-state index in [0.717, 1.165) is 3.57 Å². The van der Waals surface area contributed by atoms with Crippen molar-refractivity contribution >= 4 is 22.6 Å². The van der Waals surface area contributed by atoms with E-state index in [1.807, 2.05) is 36.1 Å². The average Bonchev–Trinajstić information content (AvgIpc) is 2.68. The number of halogens is 1. The van der Waals surface area contributed by atoms with E-state index in [4.69, 9.17) is 5.73 Å². The van der Waals surface area contributed by atoms with Crippen LogP contribution in [-0.2, 0) is 0 Å². The fraction of sp³-hybridized carbons (Fsp3) is 0.308. The van der Waals surface area contributed by atoms with E-state index in [1.54, 1.807) is 0 Å². The minimum Gasteiger partial charge on any atom is -0.326 e. The third kappa shape index (κ3) is 2.69. The molecule has 1 aromatic heterocycles. The van der Waals surface area contributed by atoms with Crippen LogP contribution in [-0.4, -0.2) is 15.8 Å². The molecule has 0 amide bonds. The molecule has 2 rings (SSSR count). The van der Waals surface area contributed by atoms with Gasteiger partial charge in [-0.3, -0.25) is 4.68 Å². The Bertz CT molecular complexity index is 505. The summed E-state index contributed by atoms with van der Waals surface area (Å²) >= 11 is 2.26. The molecule has 0 aliphatic heterocycles. The van der Waals surface area contributed by atoms with Crippen molar-refractivity contribution in [1.29, 1.82) is 0 Å². The summed E-state index contributed by atoms with van der Waals surface area (Å²) in [7, 11) is 0. The molecule has 2 aromatic rings. The number of rotatable bonds is 3. The first-order valence-electron chi connectivity index (χ1n) is 5.60. The van der Waals surface area contributed by atoms with E-state index in [0.29, 0.717) is 0 Å². The van der Waals surface area contributed by atoms with Crippen molar-refractivity contribution in [2.45, 2.75) is 25.9 Å². The Kier molecular flexibility index (Phi) is 3.83. The molecular formula is C13H16IN3. The molecule has 0 saturated heterocycles. The van der Waals surface area contributed by atoms with E-state index < -0.39 is 0 Å². The SMILES string of the molecule is Cc1ccccc1C(C(C)N)n1cc(I)cn1. The molecule has 2 unspecified atom stereocenters. The van der Waals surface area contributed by atoms with Crippen LogP contribution in [0.3, 0.4) is 0 Å². The molecule has 0 radical (unpaired) electrons. The van der Waals surface area contributed by atoms with Gasteiger partial charge in [-0.2, -0.15) is 5.10 Å². The molecule has 4 heteroatoms. The van der Waals surface area contributed by atoms with Crippen molar-refractivity contribution in [3.63, 3.8) is 0 Å². The zero-order valence-corrected chi connectivity index (χ0v) is 12.1. The highest BCUT2D eigenvalue weighted by Crippen LogP contribution is 2.24. The van der Waals surface area contributed by atoms with Crippen LogP contribution in [0.25, 0.3) is 0 Å². The summed E-state index contributed by atoms with van der Waals surface area (Å²) < 4.78 is 3.08. The lowest BCUT2D eigenvalue weighted by Crippen LogP contribution is -2.31. The van der Waals surface area contributed by atoms with Gasteiger partial charge in [0.2, 0.25) is 0 Å². The monoisotopic (exact) mass is 341 g/mol. The second-order valence-corrected chi connectivity index (χ2v) is 5.54. The molecule has 0 bridgehead atoms. The average molecular weight is 341 g/mol. The topological polar surface area (TPSA) is 43.8 Å². The third-order valence-corrected chi connectivity index (χ3v) is 3.42. The highest BCUT2D eigenvalue weighted by molar-refractivity contribution is 14.1. The summed E-state index contributed by atoms with van der Waals surface area (Å²) in [6.45, 7) is 4.13. The Hall–Kier alpha value is -0.880. The number of hydrogen-bond donors (Lipinski definition) is 1. The molecule has 0 aliphatic carbocycles. The molecule has 3 nitrogen and oxygen atoms in total. The predicted molar refractivity (Wildman–Crippen MR) is 77.9 cm³/mol. The summed E-state index contributed by atoms with van der Waals surface area (Å²) in [5, 5.41) is 4.38. The van der Waals surface area contributed by atoms with Crippen molar-refractivity contribution < 1.29 is 0 Å². The summed E-state index contributed by atoms with van der Waals surface area (Å²) in [6.07, 6.45) is 3.88. The lowest BCUT2D eigenvalue weighted by molar-refractivity contribution is 0.452. The summed E-state index contributed by atoms with van der Waals surface area (Å²) in [5.41, 5.74) is 8.60. The largest absolute Gasteiger partial charge is 0.326 e. The number of nitrogens with two attached hydrogens (primary N) is 1. The van der Waals surface area contributed by atoms with E-state index in [9.17, 15) is 0 Å². The lowest BCUT2D eigenvalue weighted by Gasteiger charge is -2.23. The Balaban J connectivity index is 2.47. The first-order valence-corrected chi connectivity index (χ1v) is 6.68. The Morgan fingerprint density at radius 2 is 2.06 bits per heavy atom. The maximum atomic E-state index is 6.12. The maximum Gasteiger partial charge on any atom is 0.0919 e. The second-order valence-electron chi connectivity index (χ2n) is 4.30. The standard InChI is InChI=1S/C13H16IN3/c1-9-5-3-4-6-12(9)13(10(2)15)17-8-11(14)7-16-17/h3-8,10,13H,15H2,1-2H3. The van der Waals surface area contributed by atoms with Gasteiger partial charge in [-0.15, -0.1) is 0 Å². The number of aromatic nitrogens is 2. The highest BCUT2D eigenvalue weighted by Gasteiger charge is 2.20. The number of aryl methyl sites for hydroxylation is 1. The van der Waals surface area contributed by atoms with Gasteiger partial charge in [0.15, 0.2) is 0 Å². The number of hydrogen-bond acceptors (Lipinski definition) is 2. The molecule has 17 heavy (non-hydrogen) atoms. The predicted octanol–water partition coefficient (Wildman–Crippen LogP) is 2.73. The summed E-state index contributed by atoms with van der Waals surface area (Å²) in [4.78, 5) is 0. The first-order chi connectivity index (χ1) is 8.09. The minimum atomic E-state index is 0.0202. The molecule has 1 aromatic carbocycles. The van der Waals surface area contributed by atoms with Crippen LogP contribution < -0.4 is 5.73 Å². The first kappa shape index (κ1) is 12.6. The molecule has 0 fully saturated rings. The molecule has 1 heterocycles. The van der Waals surface area contributed by atoms with Crippen LogP contribution in [0.15, 0.2) is 36.7 Å². The van der Waals surface area contributed by atoms with Crippen molar-refractivity contribution in [3.8, 4) is 0 Å². The van der Waals surface area contributed by atoms with Gasteiger partial charge >= 0.3 is 0 Å². The van der Waals surface area contributed by atoms with Gasteiger partial charge in [-0.1, -0.05) is 24.3 Å². The van der Waals surface area contributed by atoms with Gasteiger partial charge in [-0.05, 0) is 47.6 Å². The van der Waals surface area contributed by atoms with Crippen molar-refractivity contribution in [1.82, 2.24) is 9.78 Å². The van der Waals surface area contributed by atoms with Crippen LogP contribution in [0, 0.1) is 10.5 Å². The molecule has 90 valence electrons. The Labute approximate surface area is 115 Å². The van der Waals surface area contributed by atoms with E-state index in [1.165, 1.54) is 11.1 Å². The highest BCUT2D eigenvalue weighted by atomic mass is 127. The van der Waals surface area contributed by atoms with Crippen LogP contribution in [0.1, 0.15) is 24.1 Å². The third-order valence-electron chi connectivity index (χ3n) is 2.86. The molecule has 2 atom stereocenters. The maximum absolute atomic E-state index is 6.12. The van der Waals surface area contributed by atoms with Gasteiger partial charge in [0.1, 0.15) is 0 Å². The second kappa shape index (κ2) is 5.18. The quantitative estimate of drug-likeness (QED) is 0.873. The van der Waals surface area contributed by atoms with Crippen LogP contribution >= 0.6 is 22.6 Å². The lowest BCUT2D eigenvalue weighted by atomic mass is 9.97. The molecule has 0 aliphatic rings. The normalized spacial score (nSPS) is 14.6. The number of benzene rings is 1. The molecular weight excluding hydrogens is 325 g/mol. The van der Waals surface area contributed by atoms with Crippen LogP contribution in [0.5, 0.6) is 0 Å². The van der Waals surface area contributed by atoms with E-state index in [2.05, 4.69) is 46.7 Å². The Morgan fingerprint density at radius 1 is 1.35 bits per heavy atom. The molecule has 0 spiro atoms. The van der Waals surface area contributed by atoms with Gasteiger partial charge in [0.25, 0.3) is 0 Å². The van der Waals surface area contributed by atoms with Gasteiger partial charge < -0.3 is 5.73 Å². The summed E-state index contributed by atoms with van der Waals surface area (Å²) in [5.74, 6) is 0. The van der Waals surface area contributed by atoms with Crippen LogP contribution in [0.4, 0.5) is 0 Å². The van der Waals surface area contributed by atoms with E-state index >= 15 is 0 Å². The number of nitrogens with zero attached hydrogens (tertiary/aromatic N) is 2. The molecule has 0 saturated carbocycles. The van der Waals surface area contributed by atoms with Crippen molar-refractivity contribution in [3.05, 3.63) is 51.4 Å². The van der Waals surface area contributed by atoms with Gasteiger partial charge in [0.05, 0.1) is 15.8 Å². The smallest absolute Gasteiger partial charge is 0.0919 e. The fourth-order valence-electron chi connectivity index (χ4n) is 2.05. The minimum absolute atomic E-state index is 0.0202. The Morgan fingerprint density at radius 3 is 2.59 bits per heavy atom. The zero-order chi connectivity index (χ0) is 12.4. The van der Waals surface area contributed by atoms with Crippen molar-refractivity contribution in [2.24, 2.45) is 5.73 Å². The van der Waals surface area contributed by atoms with Crippen LogP contribution in [0.2, 0.25) is 0 Å². The van der Waals surface area contributed by atoms with Gasteiger partial charge in [-0.25, -0.2) is 0 Å². The molecule has 2 N–H and O–H groups in total. The van der Waals surface area contributed by atoms with Gasteiger partial charge in [0, 0.05) is 12.2 Å². The summed E-state index contributed by atoms with van der Waals surface area (Å²) in [6, 6.07) is 8.44. The fourth-order valence-corrected chi connectivity index (χ4v) is 2.46. The van der Waals surface area contributed by atoms with E-state index in [-0.39, 0.29) is 12.1 Å². The zero-order valence-electron chi connectivity index (χ0n) is 9.97. The van der Waals surface area contributed by atoms with Crippen molar-refractivity contribution in [2.75, 3.05) is 0 Å².